The number of carbonyl (C=O) groups excluding carboxylic acids is 2. The van der Waals surface area contributed by atoms with Crippen LogP contribution >= 0.6 is 46.3 Å². The highest BCUT2D eigenvalue weighted by Crippen LogP contribution is 2.55. The Labute approximate surface area is 280 Å². The molecule has 6 aromatic rings. The molecule has 4 aromatic carbocycles. The molecule has 8 nitrogen and oxygen atoms in total. The summed E-state index contributed by atoms with van der Waals surface area (Å²) in [5.74, 6) is -0.779. The fourth-order valence-electron chi connectivity index (χ4n) is 6.18. The zero-order valence-corrected chi connectivity index (χ0v) is 26.8. The van der Waals surface area contributed by atoms with Crippen LogP contribution in [0.25, 0.3) is 11.0 Å². The first-order chi connectivity index (χ1) is 22.4. The van der Waals surface area contributed by atoms with Gasteiger partial charge in [0.2, 0.25) is 10.9 Å². The van der Waals surface area contributed by atoms with Crippen molar-refractivity contribution >= 4 is 79.9 Å². The number of fused-ring (bicyclic) bond motifs is 5. The molecule has 226 valence electrons. The van der Waals surface area contributed by atoms with Crippen molar-refractivity contribution in [3.63, 3.8) is 0 Å². The average molecular weight is 684 g/mol. The molecule has 0 fully saturated rings. The van der Waals surface area contributed by atoms with Gasteiger partial charge in [0.05, 0.1) is 23.2 Å². The molecule has 4 heterocycles. The molecule has 2 aliphatic rings. The summed E-state index contributed by atoms with van der Waals surface area (Å²) in [5.41, 5.74) is 0.645. The normalized spacial score (nSPS) is 16.9. The Hall–Kier alpha value is -4.48. The van der Waals surface area contributed by atoms with E-state index in [0.29, 0.717) is 31.4 Å². The summed E-state index contributed by atoms with van der Waals surface area (Å²) in [4.78, 5) is 46.9. The maximum absolute atomic E-state index is 15.1. The first-order valence-corrected chi connectivity index (χ1v) is 16.7. The summed E-state index contributed by atoms with van der Waals surface area (Å²) in [6.07, 6.45) is 0. The monoisotopic (exact) mass is 682 g/mol. The van der Waals surface area contributed by atoms with E-state index < -0.39 is 22.8 Å². The molecule has 12 heteroatoms. The van der Waals surface area contributed by atoms with Gasteiger partial charge >= 0.3 is 0 Å². The SMILES string of the molecule is O=C1c2oc3ccc(Cl)cc3c(=O)c2C2(C(=O)N(Cc3ccccc3)c3ccccc32)N1c1nnc(SCc2cccc(Cl)c2)s1. The van der Waals surface area contributed by atoms with Crippen LogP contribution in [0.1, 0.15) is 32.8 Å². The van der Waals surface area contributed by atoms with Crippen molar-refractivity contribution in [3.05, 3.63) is 145 Å². The van der Waals surface area contributed by atoms with Crippen LogP contribution in [0.3, 0.4) is 0 Å². The number of hydrogen-bond donors (Lipinski definition) is 0. The van der Waals surface area contributed by atoms with Crippen LogP contribution < -0.4 is 15.2 Å². The Balaban J connectivity index is 1.32. The summed E-state index contributed by atoms with van der Waals surface area (Å²) >= 11 is 15.1. The van der Waals surface area contributed by atoms with Gasteiger partial charge < -0.3 is 9.32 Å². The second kappa shape index (κ2) is 11.1. The van der Waals surface area contributed by atoms with Gasteiger partial charge in [0.1, 0.15) is 5.58 Å². The lowest BCUT2D eigenvalue weighted by Gasteiger charge is -2.32. The smallest absolute Gasteiger partial charge is 0.297 e. The van der Waals surface area contributed by atoms with Gasteiger partial charge in [-0.3, -0.25) is 19.3 Å². The summed E-state index contributed by atoms with van der Waals surface area (Å²) in [6, 6.07) is 28.9. The maximum Gasteiger partial charge on any atom is 0.297 e. The van der Waals surface area contributed by atoms with Crippen molar-refractivity contribution in [2.75, 3.05) is 9.80 Å². The molecule has 1 atom stereocenters. The minimum Gasteiger partial charge on any atom is -0.450 e. The Bertz CT molecular complexity index is 2280. The lowest BCUT2D eigenvalue weighted by Crippen LogP contribution is -2.53. The van der Waals surface area contributed by atoms with Crippen LogP contribution in [-0.2, 0) is 22.6 Å². The molecule has 0 bridgehead atoms. The van der Waals surface area contributed by atoms with E-state index in [0.717, 1.165) is 22.5 Å². The van der Waals surface area contributed by atoms with E-state index in [1.165, 1.54) is 22.7 Å². The molecule has 46 heavy (non-hydrogen) atoms. The zero-order chi connectivity index (χ0) is 31.6. The van der Waals surface area contributed by atoms with E-state index in [2.05, 4.69) is 10.2 Å². The van der Waals surface area contributed by atoms with Crippen LogP contribution in [0.15, 0.2) is 111 Å². The Morgan fingerprint density at radius 3 is 2.41 bits per heavy atom. The first-order valence-electron chi connectivity index (χ1n) is 14.1. The van der Waals surface area contributed by atoms with Crippen LogP contribution in [0.5, 0.6) is 0 Å². The number of halogens is 2. The molecule has 0 N–H and O–H groups in total. The number of para-hydroxylation sites is 1. The molecule has 0 radical (unpaired) electrons. The van der Waals surface area contributed by atoms with Crippen molar-refractivity contribution in [1.29, 1.82) is 0 Å². The minimum atomic E-state index is -1.89. The summed E-state index contributed by atoms with van der Waals surface area (Å²) < 4.78 is 6.72. The van der Waals surface area contributed by atoms with Crippen LogP contribution in [0.2, 0.25) is 10.0 Å². The molecular formula is C34H20Cl2N4O4S2. The van der Waals surface area contributed by atoms with Crippen LogP contribution in [0, 0.1) is 0 Å². The first kappa shape index (κ1) is 29.0. The Kier molecular flexibility index (Phi) is 6.99. The van der Waals surface area contributed by atoms with Crippen LogP contribution in [0.4, 0.5) is 10.8 Å². The number of aromatic nitrogens is 2. The lowest BCUT2D eigenvalue weighted by molar-refractivity contribution is -0.121. The van der Waals surface area contributed by atoms with Gasteiger partial charge in [-0.25, -0.2) is 0 Å². The highest BCUT2D eigenvalue weighted by Gasteiger charge is 2.66. The summed E-state index contributed by atoms with van der Waals surface area (Å²) in [5, 5.41) is 10.0. The number of hydrogen-bond acceptors (Lipinski definition) is 8. The van der Waals surface area contributed by atoms with Gasteiger partial charge in [-0.2, -0.15) is 0 Å². The van der Waals surface area contributed by atoms with Crippen molar-refractivity contribution in [2.24, 2.45) is 0 Å². The van der Waals surface area contributed by atoms with Crippen molar-refractivity contribution in [1.82, 2.24) is 10.2 Å². The van der Waals surface area contributed by atoms with Gasteiger partial charge in [0.15, 0.2) is 15.3 Å². The minimum absolute atomic E-state index is 0.0661. The van der Waals surface area contributed by atoms with Gasteiger partial charge in [-0.1, -0.05) is 107 Å². The highest BCUT2D eigenvalue weighted by atomic mass is 35.5. The van der Waals surface area contributed by atoms with E-state index in [1.807, 2.05) is 60.7 Å². The molecule has 0 aliphatic carbocycles. The number of thioether (sulfide) groups is 1. The van der Waals surface area contributed by atoms with E-state index in [1.54, 1.807) is 35.2 Å². The predicted octanol–water partition coefficient (Wildman–Crippen LogP) is 7.69. The topological polar surface area (TPSA) is 96.6 Å². The summed E-state index contributed by atoms with van der Waals surface area (Å²) in [7, 11) is 0. The molecule has 2 aromatic heterocycles. The average Bonchev–Trinajstić information content (AvgIpc) is 3.70. The number of anilines is 2. The maximum atomic E-state index is 15.1. The molecule has 2 aliphatic heterocycles. The zero-order valence-electron chi connectivity index (χ0n) is 23.6. The third-order valence-corrected chi connectivity index (χ3v) is 10.7. The quantitative estimate of drug-likeness (QED) is 0.131. The van der Waals surface area contributed by atoms with Gasteiger partial charge in [-0.15, -0.1) is 10.2 Å². The number of rotatable bonds is 6. The molecule has 8 rings (SSSR count). The standard InChI is InChI=1S/C34H20Cl2N4O4S2/c35-21-10-6-9-20(15-21)18-45-33-38-37-32(46-33)40-30(42)29-27(28(41)23-16-22(36)13-14-26(23)44-29)34(40)24-11-4-5-12-25(24)39(31(34)43)17-19-7-2-1-3-8-19/h1-16H,17-18H2. The lowest BCUT2D eigenvalue weighted by atomic mass is 9.84. The fraction of sp³-hybridized carbons (Fsp3) is 0.0882. The highest BCUT2D eigenvalue weighted by molar-refractivity contribution is 8.00. The second-order valence-corrected chi connectivity index (χ2v) is 13.8. The molecule has 1 unspecified atom stereocenters. The van der Waals surface area contributed by atoms with E-state index in [-0.39, 0.29) is 34.0 Å². The molecule has 2 amide bonds. The van der Waals surface area contributed by atoms with E-state index >= 15 is 4.79 Å². The third kappa shape index (κ3) is 4.39. The van der Waals surface area contributed by atoms with Crippen molar-refractivity contribution < 1.29 is 14.0 Å². The fourth-order valence-corrected chi connectivity index (χ4v) is 8.40. The summed E-state index contributed by atoms with van der Waals surface area (Å²) in [6.45, 7) is 0.220. The number of amides is 2. The second-order valence-electron chi connectivity index (χ2n) is 10.8. The number of nitrogens with zero attached hydrogens (tertiary/aromatic N) is 4. The van der Waals surface area contributed by atoms with Crippen molar-refractivity contribution in [2.45, 2.75) is 22.2 Å². The Morgan fingerprint density at radius 1 is 0.826 bits per heavy atom. The van der Waals surface area contributed by atoms with E-state index in [4.69, 9.17) is 27.6 Å². The Morgan fingerprint density at radius 2 is 1.59 bits per heavy atom. The third-order valence-electron chi connectivity index (χ3n) is 8.11. The number of benzene rings is 4. The molecule has 0 saturated heterocycles. The van der Waals surface area contributed by atoms with E-state index in [9.17, 15) is 9.59 Å². The largest absolute Gasteiger partial charge is 0.450 e. The van der Waals surface area contributed by atoms with Gasteiger partial charge in [-0.05, 0) is 47.5 Å². The molecule has 0 saturated carbocycles. The van der Waals surface area contributed by atoms with Gasteiger partial charge in [0.25, 0.3) is 11.8 Å². The van der Waals surface area contributed by atoms with Crippen LogP contribution in [-0.4, -0.2) is 22.0 Å². The predicted molar refractivity (Wildman–Crippen MR) is 180 cm³/mol. The van der Waals surface area contributed by atoms with Gasteiger partial charge in [0, 0.05) is 21.4 Å². The molecular weight excluding hydrogens is 663 g/mol. The molecule has 1 spiro atoms. The van der Waals surface area contributed by atoms with Crippen molar-refractivity contribution in [3.8, 4) is 0 Å². The number of carbonyl (C=O) groups is 2.